The second kappa shape index (κ2) is 8.21. The predicted molar refractivity (Wildman–Crippen MR) is 105 cm³/mol. The molecule has 142 valence electrons. The van der Waals surface area contributed by atoms with E-state index in [-0.39, 0.29) is 0 Å². The average molecular weight is 357 g/mol. The Hall–Kier alpha value is -1.88. The summed E-state index contributed by atoms with van der Waals surface area (Å²) in [4.78, 5) is 7.08. The van der Waals surface area contributed by atoms with E-state index in [0.29, 0.717) is 18.6 Å². The molecule has 1 aliphatic heterocycles. The third-order valence-electron chi connectivity index (χ3n) is 5.34. The first-order valence-corrected chi connectivity index (χ1v) is 9.81. The van der Waals surface area contributed by atoms with E-state index in [1.807, 2.05) is 18.7 Å². The Morgan fingerprint density at radius 1 is 1.23 bits per heavy atom. The van der Waals surface area contributed by atoms with Crippen LogP contribution >= 0.6 is 0 Å². The first kappa shape index (κ1) is 18.9. The Balaban J connectivity index is 1.66. The molecule has 1 unspecified atom stereocenters. The van der Waals surface area contributed by atoms with Crippen molar-refractivity contribution in [3.05, 3.63) is 40.8 Å². The third-order valence-corrected chi connectivity index (χ3v) is 5.34. The van der Waals surface area contributed by atoms with E-state index in [1.165, 1.54) is 18.4 Å². The van der Waals surface area contributed by atoms with E-state index in [9.17, 15) is 0 Å². The Bertz CT molecular complexity index is 719. The lowest BCUT2D eigenvalue weighted by molar-refractivity contribution is 0.129. The summed E-state index contributed by atoms with van der Waals surface area (Å²) in [7, 11) is 1.95. The van der Waals surface area contributed by atoms with Crippen LogP contribution in [0.15, 0.2) is 18.2 Å². The summed E-state index contributed by atoms with van der Waals surface area (Å²) in [5.74, 6) is 1.55. The molecule has 5 nitrogen and oxygen atoms in total. The smallest absolute Gasteiger partial charge is 0.211 e. The van der Waals surface area contributed by atoms with Crippen LogP contribution < -0.4 is 4.74 Å². The first-order valence-electron chi connectivity index (χ1n) is 9.81. The van der Waals surface area contributed by atoms with Crippen LogP contribution in [0.1, 0.15) is 55.4 Å². The van der Waals surface area contributed by atoms with Crippen LogP contribution in [0, 0.1) is 19.8 Å². The van der Waals surface area contributed by atoms with Crippen LogP contribution in [0.5, 0.6) is 5.88 Å². The molecule has 5 heteroatoms. The quantitative estimate of drug-likeness (QED) is 0.788. The first-order chi connectivity index (χ1) is 12.5. The second-order valence-electron chi connectivity index (χ2n) is 7.61. The molecule has 0 amide bonds. The number of aryl methyl sites for hydroxylation is 3. The van der Waals surface area contributed by atoms with E-state index in [0.717, 1.165) is 42.5 Å². The van der Waals surface area contributed by atoms with Crippen molar-refractivity contribution in [1.29, 1.82) is 0 Å². The van der Waals surface area contributed by atoms with Crippen molar-refractivity contribution in [2.24, 2.45) is 13.0 Å². The predicted octanol–water partition coefficient (Wildman–Crippen LogP) is 3.85. The highest BCUT2D eigenvalue weighted by Gasteiger charge is 2.26. The lowest BCUT2D eigenvalue weighted by atomic mass is 9.90. The van der Waals surface area contributed by atoms with Gasteiger partial charge >= 0.3 is 0 Å². The number of hydrogen-bond acceptors (Lipinski definition) is 4. The molecule has 1 aliphatic rings. The lowest BCUT2D eigenvalue weighted by Gasteiger charge is -2.36. The van der Waals surface area contributed by atoms with Gasteiger partial charge in [-0.15, -0.1) is 0 Å². The van der Waals surface area contributed by atoms with Crippen LogP contribution in [0.2, 0.25) is 0 Å². The van der Waals surface area contributed by atoms with Crippen molar-refractivity contribution in [2.75, 3.05) is 19.7 Å². The number of hydrogen-bond donors (Lipinski definition) is 0. The third kappa shape index (κ3) is 4.44. The number of piperidine rings is 1. The average Bonchev–Trinajstić information content (AvgIpc) is 2.95. The molecule has 0 aromatic carbocycles. The molecule has 1 saturated heterocycles. The minimum absolute atomic E-state index is 0.319. The SMILES string of the molecule is CCOc1cc(C(C)N2CCC[C@H](Cc3cc(C)nc(C)c3)C2)nn1C. The highest BCUT2D eigenvalue weighted by Crippen LogP contribution is 2.29. The fourth-order valence-electron chi connectivity index (χ4n) is 4.13. The Labute approximate surface area is 157 Å². The Kier molecular flexibility index (Phi) is 5.97. The van der Waals surface area contributed by atoms with Crippen LogP contribution in [-0.4, -0.2) is 39.4 Å². The number of aromatic nitrogens is 3. The summed E-state index contributed by atoms with van der Waals surface area (Å²) >= 11 is 0. The van der Waals surface area contributed by atoms with E-state index in [4.69, 9.17) is 4.74 Å². The molecular formula is C21H32N4O. The summed E-state index contributed by atoms with van der Waals surface area (Å²) in [5.41, 5.74) is 4.77. The molecular weight excluding hydrogens is 324 g/mol. The molecule has 0 spiro atoms. The van der Waals surface area contributed by atoms with Crippen molar-refractivity contribution in [3.8, 4) is 5.88 Å². The second-order valence-corrected chi connectivity index (χ2v) is 7.61. The van der Waals surface area contributed by atoms with Crippen molar-refractivity contribution < 1.29 is 4.74 Å². The van der Waals surface area contributed by atoms with Crippen LogP contribution in [0.25, 0.3) is 0 Å². The summed E-state index contributed by atoms with van der Waals surface area (Å²) in [5, 5.41) is 4.68. The van der Waals surface area contributed by atoms with Crippen molar-refractivity contribution in [1.82, 2.24) is 19.7 Å². The van der Waals surface area contributed by atoms with Gasteiger partial charge in [0.15, 0.2) is 0 Å². The summed E-state index contributed by atoms with van der Waals surface area (Å²) in [6, 6.07) is 6.89. The molecule has 2 atom stereocenters. The molecule has 3 rings (SSSR count). The molecule has 0 aliphatic carbocycles. The Morgan fingerprint density at radius 3 is 2.65 bits per heavy atom. The number of pyridine rings is 1. The monoisotopic (exact) mass is 356 g/mol. The van der Waals surface area contributed by atoms with Gasteiger partial charge in [0, 0.05) is 31.0 Å². The Morgan fingerprint density at radius 2 is 1.96 bits per heavy atom. The molecule has 0 radical (unpaired) electrons. The van der Waals surface area contributed by atoms with Gasteiger partial charge in [-0.2, -0.15) is 5.10 Å². The molecule has 0 bridgehead atoms. The maximum Gasteiger partial charge on any atom is 0.211 e. The van der Waals surface area contributed by atoms with Crippen LogP contribution in [0.4, 0.5) is 0 Å². The maximum atomic E-state index is 5.65. The van der Waals surface area contributed by atoms with E-state index >= 15 is 0 Å². The van der Waals surface area contributed by atoms with Crippen molar-refractivity contribution >= 4 is 0 Å². The zero-order valence-corrected chi connectivity index (χ0v) is 16.8. The van der Waals surface area contributed by atoms with Crippen molar-refractivity contribution in [3.63, 3.8) is 0 Å². The molecule has 0 saturated carbocycles. The summed E-state index contributed by atoms with van der Waals surface area (Å²) in [6.07, 6.45) is 3.69. The summed E-state index contributed by atoms with van der Waals surface area (Å²) < 4.78 is 7.50. The van der Waals surface area contributed by atoms with Gasteiger partial charge in [-0.05, 0) is 77.1 Å². The number of likely N-dealkylation sites (tertiary alicyclic amines) is 1. The van der Waals surface area contributed by atoms with Gasteiger partial charge in [0.2, 0.25) is 5.88 Å². The van der Waals surface area contributed by atoms with Gasteiger partial charge in [0.1, 0.15) is 0 Å². The van der Waals surface area contributed by atoms with Gasteiger partial charge in [0.25, 0.3) is 0 Å². The van der Waals surface area contributed by atoms with Gasteiger partial charge < -0.3 is 4.74 Å². The fraction of sp³-hybridized carbons (Fsp3) is 0.619. The zero-order valence-electron chi connectivity index (χ0n) is 16.8. The van der Waals surface area contributed by atoms with Gasteiger partial charge in [0.05, 0.1) is 18.3 Å². The van der Waals surface area contributed by atoms with Gasteiger partial charge in [-0.3, -0.25) is 9.88 Å². The largest absolute Gasteiger partial charge is 0.478 e. The summed E-state index contributed by atoms with van der Waals surface area (Å²) in [6.45, 7) is 11.4. The standard InChI is InChI=1S/C21H32N4O/c1-6-26-21-13-20(23-24(21)5)17(4)25-9-7-8-18(14-25)12-19-10-15(2)22-16(3)11-19/h10-11,13,17-18H,6-9,12,14H2,1-5H3/t17?,18-/m1/s1. The van der Waals surface area contributed by atoms with E-state index in [2.05, 4.69) is 54.0 Å². The molecule has 3 heterocycles. The lowest BCUT2D eigenvalue weighted by Crippen LogP contribution is -2.38. The van der Waals surface area contributed by atoms with Crippen LogP contribution in [0.3, 0.4) is 0 Å². The highest BCUT2D eigenvalue weighted by atomic mass is 16.5. The molecule has 1 fully saturated rings. The number of ether oxygens (including phenoxy) is 1. The van der Waals surface area contributed by atoms with Gasteiger partial charge in [-0.25, -0.2) is 4.68 Å². The molecule has 2 aromatic rings. The van der Waals surface area contributed by atoms with Crippen molar-refractivity contribution in [2.45, 2.75) is 53.0 Å². The minimum Gasteiger partial charge on any atom is -0.478 e. The van der Waals surface area contributed by atoms with E-state index < -0.39 is 0 Å². The molecule has 2 aromatic heterocycles. The number of rotatable bonds is 6. The van der Waals surface area contributed by atoms with E-state index in [1.54, 1.807) is 0 Å². The minimum atomic E-state index is 0.319. The van der Waals surface area contributed by atoms with Crippen LogP contribution in [-0.2, 0) is 13.5 Å². The fourth-order valence-corrected chi connectivity index (χ4v) is 4.13. The number of nitrogens with zero attached hydrogens (tertiary/aromatic N) is 4. The topological polar surface area (TPSA) is 43.2 Å². The maximum absolute atomic E-state index is 5.65. The zero-order chi connectivity index (χ0) is 18.7. The van der Waals surface area contributed by atoms with Gasteiger partial charge in [-0.1, -0.05) is 0 Å². The molecule has 26 heavy (non-hydrogen) atoms. The highest BCUT2D eigenvalue weighted by molar-refractivity contribution is 5.21. The normalized spacial score (nSPS) is 19.5. The molecule has 0 N–H and O–H groups in total.